The molecule has 3 rings (SSSR count). The van der Waals surface area contributed by atoms with Crippen LogP contribution in [0.5, 0.6) is 11.5 Å². The van der Waals surface area contributed by atoms with Crippen LogP contribution in [-0.4, -0.2) is 24.7 Å². The number of thiazole rings is 1. The number of fused-ring (bicyclic) bond motifs is 1. The van der Waals surface area contributed by atoms with E-state index in [-0.39, 0.29) is 5.91 Å². The Hall–Kier alpha value is -2.12. The molecule has 1 aromatic heterocycles. The molecular weight excluding hydrogens is 404 g/mol. The minimum absolute atomic E-state index is 0.326. The van der Waals surface area contributed by atoms with E-state index in [1.54, 1.807) is 18.2 Å². The number of halogens is 1. The number of hydrogen-bond acceptors (Lipinski definition) is 4. The van der Waals surface area contributed by atoms with Gasteiger partial charge >= 0.3 is 0 Å². The van der Waals surface area contributed by atoms with Gasteiger partial charge in [-0.2, -0.15) is 4.99 Å². The summed E-state index contributed by atoms with van der Waals surface area (Å²) in [6, 6.07) is 11.2. The van der Waals surface area contributed by atoms with Gasteiger partial charge in [-0.05, 0) is 47.1 Å². The number of carbonyl (C=O) groups excluding carboxylic acids is 1. The summed E-state index contributed by atoms with van der Waals surface area (Å²) >= 11 is 5.05. The van der Waals surface area contributed by atoms with Crippen molar-refractivity contribution in [1.82, 2.24) is 4.57 Å². The Bertz CT molecular complexity index is 985. The van der Waals surface area contributed by atoms with Crippen LogP contribution in [0.4, 0.5) is 0 Å². The summed E-state index contributed by atoms with van der Waals surface area (Å²) in [6.45, 7) is 2.73. The number of amides is 1. The number of ether oxygens (including phenoxy) is 2. The van der Waals surface area contributed by atoms with Gasteiger partial charge in [0.25, 0.3) is 5.91 Å². The molecular formula is C18H17BrN2O3S. The highest BCUT2D eigenvalue weighted by Gasteiger charge is 2.18. The zero-order chi connectivity index (χ0) is 18.0. The highest BCUT2D eigenvalue weighted by molar-refractivity contribution is 9.10. The topological polar surface area (TPSA) is 52.8 Å². The average Bonchev–Trinajstić information content (AvgIpc) is 2.99. The van der Waals surface area contributed by atoms with Crippen LogP contribution in [0, 0.1) is 0 Å². The van der Waals surface area contributed by atoms with Crippen molar-refractivity contribution >= 4 is 43.4 Å². The molecule has 25 heavy (non-hydrogen) atoms. The number of methoxy groups -OCH3 is 2. The first-order valence-electron chi connectivity index (χ1n) is 7.68. The third-order valence-corrected chi connectivity index (χ3v) is 5.49. The summed E-state index contributed by atoms with van der Waals surface area (Å²) in [5.74, 6) is 0.496. The molecule has 0 bridgehead atoms. The predicted octanol–water partition coefficient (Wildman–Crippen LogP) is 4.24. The molecule has 0 saturated carbocycles. The molecule has 0 spiro atoms. The van der Waals surface area contributed by atoms with Crippen LogP contribution in [0.15, 0.2) is 45.9 Å². The Labute approximate surface area is 157 Å². The molecule has 0 atom stereocenters. The van der Waals surface area contributed by atoms with Crippen LogP contribution < -0.4 is 14.3 Å². The van der Waals surface area contributed by atoms with E-state index in [0.29, 0.717) is 28.4 Å². The first-order valence-corrected chi connectivity index (χ1v) is 9.29. The lowest BCUT2D eigenvalue weighted by molar-refractivity contribution is 0.0992. The smallest absolute Gasteiger partial charge is 0.287 e. The van der Waals surface area contributed by atoms with Crippen LogP contribution in [0.1, 0.15) is 17.3 Å². The van der Waals surface area contributed by atoms with Crippen molar-refractivity contribution in [3.8, 4) is 11.5 Å². The van der Waals surface area contributed by atoms with Gasteiger partial charge in [0.1, 0.15) is 17.1 Å². The Kier molecular flexibility index (Phi) is 5.24. The van der Waals surface area contributed by atoms with Crippen molar-refractivity contribution in [1.29, 1.82) is 0 Å². The van der Waals surface area contributed by atoms with E-state index < -0.39 is 0 Å². The SMILES string of the molecule is CCn1c(=NC(=O)c2c(OC)cccc2OC)sc2cccc(Br)c21. The molecule has 3 aromatic rings. The second-order valence-electron chi connectivity index (χ2n) is 5.17. The molecule has 1 heterocycles. The second kappa shape index (κ2) is 7.41. The van der Waals surface area contributed by atoms with Crippen molar-refractivity contribution in [3.63, 3.8) is 0 Å². The predicted molar refractivity (Wildman–Crippen MR) is 103 cm³/mol. The fourth-order valence-electron chi connectivity index (χ4n) is 2.67. The molecule has 0 unspecified atom stereocenters. The van der Waals surface area contributed by atoms with Crippen molar-refractivity contribution in [2.75, 3.05) is 14.2 Å². The molecule has 0 saturated heterocycles. The molecule has 0 fully saturated rings. The molecule has 1 amide bonds. The third-order valence-electron chi connectivity index (χ3n) is 3.81. The van der Waals surface area contributed by atoms with Crippen molar-refractivity contribution in [3.05, 3.63) is 51.2 Å². The summed E-state index contributed by atoms with van der Waals surface area (Å²) in [7, 11) is 3.04. The van der Waals surface area contributed by atoms with Gasteiger partial charge < -0.3 is 14.0 Å². The van der Waals surface area contributed by atoms with E-state index in [0.717, 1.165) is 14.7 Å². The van der Waals surface area contributed by atoms with Crippen molar-refractivity contribution in [2.45, 2.75) is 13.5 Å². The minimum atomic E-state index is -0.390. The molecule has 5 nitrogen and oxygen atoms in total. The van der Waals surface area contributed by atoms with Gasteiger partial charge in [0.05, 0.1) is 24.4 Å². The van der Waals surface area contributed by atoms with Crippen LogP contribution in [0.2, 0.25) is 0 Å². The Morgan fingerprint density at radius 3 is 2.40 bits per heavy atom. The maximum atomic E-state index is 12.9. The highest BCUT2D eigenvalue weighted by Crippen LogP contribution is 2.29. The van der Waals surface area contributed by atoms with Crippen LogP contribution in [0.3, 0.4) is 0 Å². The number of aryl methyl sites for hydroxylation is 1. The molecule has 2 aromatic carbocycles. The van der Waals surface area contributed by atoms with E-state index in [1.165, 1.54) is 25.6 Å². The van der Waals surface area contributed by atoms with Gasteiger partial charge in [0.15, 0.2) is 4.80 Å². The fraction of sp³-hybridized carbons (Fsp3) is 0.222. The van der Waals surface area contributed by atoms with Crippen LogP contribution >= 0.6 is 27.3 Å². The largest absolute Gasteiger partial charge is 0.496 e. The van der Waals surface area contributed by atoms with E-state index in [4.69, 9.17) is 9.47 Å². The summed E-state index contributed by atoms with van der Waals surface area (Å²) < 4.78 is 14.7. The fourth-order valence-corrected chi connectivity index (χ4v) is 4.50. The maximum absolute atomic E-state index is 12.9. The molecule has 130 valence electrons. The van der Waals surface area contributed by atoms with Gasteiger partial charge in [-0.3, -0.25) is 4.79 Å². The van der Waals surface area contributed by atoms with Crippen LogP contribution in [-0.2, 0) is 6.54 Å². The monoisotopic (exact) mass is 420 g/mol. The number of hydrogen-bond donors (Lipinski definition) is 0. The highest BCUT2D eigenvalue weighted by atomic mass is 79.9. The van der Waals surface area contributed by atoms with Gasteiger partial charge in [-0.1, -0.05) is 23.5 Å². The molecule has 0 radical (unpaired) electrons. The average molecular weight is 421 g/mol. The zero-order valence-electron chi connectivity index (χ0n) is 14.1. The lowest BCUT2D eigenvalue weighted by Gasteiger charge is -2.09. The van der Waals surface area contributed by atoms with Crippen molar-refractivity contribution < 1.29 is 14.3 Å². The summed E-state index contributed by atoms with van der Waals surface area (Å²) in [6.07, 6.45) is 0. The number of nitrogens with zero attached hydrogens (tertiary/aromatic N) is 2. The lowest BCUT2D eigenvalue weighted by atomic mass is 10.1. The van der Waals surface area contributed by atoms with Crippen LogP contribution in [0.25, 0.3) is 10.2 Å². The van der Waals surface area contributed by atoms with E-state index >= 15 is 0 Å². The van der Waals surface area contributed by atoms with E-state index in [9.17, 15) is 4.79 Å². The van der Waals surface area contributed by atoms with E-state index in [2.05, 4.69) is 20.9 Å². The van der Waals surface area contributed by atoms with Gasteiger partial charge in [0, 0.05) is 11.0 Å². The summed E-state index contributed by atoms with van der Waals surface area (Å²) in [5, 5.41) is 0. The van der Waals surface area contributed by atoms with Gasteiger partial charge in [-0.15, -0.1) is 0 Å². The summed E-state index contributed by atoms with van der Waals surface area (Å²) in [4.78, 5) is 17.9. The molecule has 7 heteroatoms. The molecule has 0 aliphatic rings. The van der Waals surface area contributed by atoms with Gasteiger partial charge in [-0.25, -0.2) is 0 Å². The first-order chi connectivity index (χ1) is 12.1. The van der Waals surface area contributed by atoms with Gasteiger partial charge in [0.2, 0.25) is 0 Å². The molecule has 0 aliphatic carbocycles. The van der Waals surface area contributed by atoms with E-state index in [1.807, 2.05) is 29.7 Å². The number of aromatic nitrogens is 1. The number of benzene rings is 2. The number of para-hydroxylation sites is 1. The Morgan fingerprint density at radius 1 is 1.16 bits per heavy atom. The maximum Gasteiger partial charge on any atom is 0.287 e. The third kappa shape index (κ3) is 3.21. The zero-order valence-corrected chi connectivity index (χ0v) is 16.5. The quantitative estimate of drug-likeness (QED) is 0.633. The first kappa shape index (κ1) is 17.7. The molecule has 0 N–H and O–H groups in total. The normalized spacial score (nSPS) is 11.8. The number of rotatable bonds is 4. The lowest BCUT2D eigenvalue weighted by Crippen LogP contribution is -2.16. The van der Waals surface area contributed by atoms with Crippen molar-refractivity contribution in [2.24, 2.45) is 4.99 Å². The second-order valence-corrected chi connectivity index (χ2v) is 7.03. The Morgan fingerprint density at radius 2 is 1.80 bits per heavy atom. The number of carbonyl (C=O) groups is 1. The summed E-state index contributed by atoms with van der Waals surface area (Å²) in [5.41, 5.74) is 1.36. The molecule has 0 aliphatic heterocycles. The minimum Gasteiger partial charge on any atom is -0.496 e. The Balaban J connectivity index is 2.21. The standard InChI is InChI=1S/C18H17BrN2O3S/c1-4-21-16-11(19)7-5-10-14(16)25-18(21)20-17(22)15-12(23-2)8-6-9-13(15)24-3/h5-10H,4H2,1-3H3.